The van der Waals surface area contributed by atoms with Gasteiger partial charge in [-0.1, -0.05) is 18.2 Å². The number of benzene rings is 1. The van der Waals surface area contributed by atoms with Gasteiger partial charge in [-0.05, 0) is 25.0 Å². The molecule has 19 heavy (non-hydrogen) atoms. The maximum Gasteiger partial charge on any atom is 0.119 e. The Bertz CT molecular complexity index is 322. The van der Waals surface area contributed by atoms with Gasteiger partial charge in [-0.2, -0.15) is 0 Å². The Hall–Kier alpha value is -1.10. The second-order valence-electron chi connectivity index (χ2n) is 4.48. The summed E-state index contributed by atoms with van der Waals surface area (Å²) in [5.74, 6) is 0.876. The van der Waals surface area contributed by atoms with Crippen LogP contribution in [0, 0.1) is 0 Å². The molecule has 0 aromatic heterocycles. The molecule has 1 aromatic rings. The molecule has 0 spiro atoms. The number of para-hydroxylation sites is 1. The van der Waals surface area contributed by atoms with Crippen LogP contribution in [-0.2, 0) is 14.2 Å². The lowest BCUT2D eigenvalue weighted by atomic mass is 10.2. The number of rotatable bonds is 9. The highest BCUT2D eigenvalue weighted by molar-refractivity contribution is 5.20. The van der Waals surface area contributed by atoms with Crippen molar-refractivity contribution < 1.29 is 18.9 Å². The van der Waals surface area contributed by atoms with E-state index in [2.05, 4.69) is 0 Å². The molecule has 1 saturated heterocycles. The van der Waals surface area contributed by atoms with E-state index in [1.54, 1.807) is 0 Å². The van der Waals surface area contributed by atoms with Crippen LogP contribution in [0.1, 0.15) is 12.8 Å². The molecule has 0 amide bonds. The largest absolute Gasteiger partial charge is 0.491 e. The van der Waals surface area contributed by atoms with Crippen LogP contribution in [0.2, 0.25) is 0 Å². The molecule has 0 aliphatic carbocycles. The lowest BCUT2D eigenvalue weighted by Gasteiger charge is -2.10. The van der Waals surface area contributed by atoms with E-state index in [0.29, 0.717) is 39.1 Å². The van der Waals surface area contributed by atoms with Crippen molar-refractivity contribution in [3.8, 4) is 5.75 Å². The molecule has 0 saturated carbocycles. The molecule has 1 aliphatic rings. The van der Waals surface area contributed by atoms with Crippen LogP contribution >= 0.6 is 0 Å². The quantitative estimate of drug-likeness (QED) is 0.643. The van der Waals surface area contributed by atoms with E-state index in [9.17, 15) is 0 Å². The molecule has 0 radical (unpaired) electrons. The van der Waals surface area contributed by atoms with E-state index < -0.39 is 0 Å². The zero-order chi connectivity index (χ0) is 13.2. The van der Waals surface area contributed by atoms with Crippen LogP contribution in [0.25, 0.3) is 0 Å². The van der Waals surface area contributed by atoms with Crippen molar-refractivity contribution >= 4 is 0 Å². The molecule has 1 aromatic carbocycles. The Labute approximate surface area is 114 Å². The zero-order valence-electron chi connectivity index (χ0n) is 11.3. The summed E-state index contributed by atoms with van der Waals surface area (Å²) in [7, 11) is 0. The van der Waals surface area contributed by atoms with Crippen LogP contribution in [0.15, 0.2) is 30.3 Å². The van der Waals surface area contributed by atoms with Gasteiger partial charge in [0.25, 0.3) is 0 Å². The van der Waals surface area contributed by atoms with Crippen LogP contribution in [-0.4, -0.2) is 45.7 Å². The number of hydrogen-bond donors (Lipinski definition) is 0. The summed E-state index contributed by atoms with van der Waals surface area (Å²) < 4.78 is 21.9. The van der Waals surface area contributed by atoms with Crippen molar-refractivity contribution in [3.05, 3.63) is 30.3 Å². The number of hydrogen-bond acceptors (Lipinski definition) is 4. The molecule has 106 valence electrons. The van der Waals surface area contributed by atoms with Crippen molar-refractivity contribution in [2.75, 3.05) is 39.6 Å². The maximum atomic E-state index is 5.51. The average Bonchev–Trinajstić information content (AvgIpc) is 2.96. The smallest absolute Gasteiger partial charge is 0.119 e. The molecule has 1 fully saturated rings. The minimum Gasteiger partial charge on any atom is -0.491 e. The van der Waals surface area contributed by atoms with Gasteiger partial charge < -0.3 is 18.9 Å². The van der Waals surface area contributed by atoms with Gasteiger partial charge in [0.2, 0.25) is 0 Å². The third-order valence-electron chi connectivity index (χ3n) is 2.94. The van der Waals surface area contributed by atoms with Crippen molar-refractivity contribution in [2.24, 2.45) is 0 Å². The predicted molar refractivity (Wildman–Crippen MR) is 72.5 cm³/mol. The first-order chi connectivity index (χ1) is 9.45. The van der Waals surface area contributed by atoms with E-state index in [4.69, 9.17) is 18.9 Å². The third kappa shape index (κ3) is 6.05. The van der Waals surface area contributed by atoms with E-state index in [-0.39, 0.29) is 0 Å². The maximum absolute atomic E-state index is 5.51. The molecule has 2 rings (SSSR count). The molecule has 0 bridgehead atoms. The Morgan fingerprint density at radius 3 is 2.58 bits per heavy atom. The molecule has 1 atom stereocenters. The van der Waals surface area contributed by atoms with Crippen LogP contribution in [0.4, 0.5) is 0 Å². The van der Waals surface area contributed by atoms with Gasteiger partial charge in [-0.25, -0.2) is 0 Å². The first-order valence-electron chi connectivity index (χ1n) is 6.90. The Morgan fingerprint density at radius 1 is 1.00 bits per heavy atom. The predicted octanol–water partition coefficient (Wildman–Crippen LogP) is 2.28. The molecular formula is C15H22O4. The topological polar surface area (TPSA) is 36.9 Å². The highest BCUT2D eigenvalue weighted by Gasteiger charge is 2.14. The normalized spacial score (nSPS) is 18.6. The minimum atomic E-state index is 0.293. The zero-order valence-corrected chi connectivity index (χ0v) is 11.3. The van der Waals surface area contributed by atoms with E-state index in [0.717, 1.165) is 25.2 Å². The fourth-order valence-corrected chi connectivity index (χ4v) is 1.95. The number of ether oxygens (including phenoxy) is 4. The third-order valence-corrected chi connectivity index (χ3v) is 2.94. The van der Waals surface area contributed by atoms with Gasteiger partial charge in [0.1, 0.15) is 12.4 Å². The Morgan fingerprint density at radius 2 is 1.79 bits per heavy atom. The molecule has 1 aliphatic heterocycles. The molecule has 0 N–H and O–H groups in total. The van der Waals surface area contributed by atoms with Gasteiger partial charge in [0.05, 0.1) is 32.5 Å². The van der Waals surface area contributed by atoms with E-state index in [1.807, 2.05) is 30.3 Å². The molecule has 4 heteroatoms. The van der Waals surface area contributed by atoms with Gasteiger partial charge in [0, 0.05) is 6.61 Å². The first-order valence-corrected chi connectivity index (χ1v) is 6.90. The highest BCUT2D eigenvalue weighted by Crippen LogP contribution is 2.11. The molecule has 1 heterocycles. The molecule has 4 nitrogen and oxygen atoms in total. The summed E-state index contributed by atoms with van der Waals surface area (Å²) in [4.78, 5) is 0. The fourth-order valence-electron chi connectivity index (χ4n) is 1.95. The standard InChI is InChI=1S/C15H22O4/c1-2-5-14(6-3-1)19-12-11-16-9-10-17-13-15-7-4-8-18-15/h1-3,5-6,15H,4,7-13H2. The van der Waals surface area contributed by atoms with Crippen LogP contribution in [0.5, 0.6) is 5.75 Å². The summed E-state index contributed by atoms with van der Waals surface area (Å²) in [6, 6.07) is 9.74. The van der Waals surface area contributed by atoms with Gasteiger partial charge in [0.15, 0.2) is 0 Å². The SMILES string of the molecule is c1ccc(OCCOCCOCC2CCCO2)cc1. The minimum absolute atomic E-state index is 0.293. The van der Waals surface area contributed by atoms with E-state index >= 15 is 0 Å². The summed E-state index contributed by atoms with van der Waals surface area (Å²) in [5, 5.41) is 0. The average molecular weight is 266 g/mol. The van der Waals surface area contributed by atoms with Gasteiger partial charge in [-0.3, -0.25) is 0 Å². The van der Waals surface area contributed by atoms with Crippen molar-refractivity contribution in [2.45, 2.75) is 18.9 Å². The summed E-state index contributed by atoms with van der Waals surface area (Å²) in [6.07, 6.45) is 2.56. The van der Waals surface area contributed by atoms with Crippen molar-refractivity contribution in [3.63, 3.8) is 0 Å². The van der Waals surface area contributed by atoms with Crippen molar-refractivity contribution in [1.82, 2.24) is 0 Å². The van der Waals surface area contributed by atoms with Crippen LogP contribution < -0.4 is 4.74 Å². The Kier molecular flexibility index (Phi) is 6.71. The second kappa shape index (κ2) is 8.91. The van der Waals surface area contributed by atoms with E-state index in [1.165, 1.54) is 0 Å². The highest BCUT2D eigenvalue weighted by atomic mass is 16.6. The summed E-state index contributed by atoms with van der Waals surface area (Å²) >= 11 is 0. The first kappa shape index (κ1) is 14.3. The summed E-state index contributed by atoms with van der Waals surface area (Å²) in [5.41, 5.74) is 0. The molecule has 1 unspecified atom stereocenters. The second-order valence-corrected chi connectivity index (χ2v) is 4.48. The Balaban J connectivity index is 1.38. The van der Waals surface area contributed by atoms with Gasteiger partial charge in [-0.15, -0.1) is 0 Å². The summed E-state index contributed by atoms with van der Waals surface area (Å²) in [6.45, 7) is 3.93. The lowest BCUT2D eigenvalue weighted by Crippen LogP contribution is -2.17. The molecular weight excluding hydrogens is 244 g/mol. The van der Waals surface area contributed by atoms with Gasteiger partial charge >= 0.3 is 0 Å². The monoisotopic (exact) mass is 266 g/mol. The van der Waals surface area contributed by atoms with Crippen molar-refractivity contribution in [1.29, 1.82) is 0 Å². The fraction of sp³-hybridized carbons (Fsp3) is 0.600. The van der Waals surface area contributed by atoms with Crippen LogP contribution in [0.3, 0.4) is 0 Å². The lowest BCUT2D eigenvalue weighted by molar-refractivity contribution is -0.0101.